The Morgan fingerprint density at radius 3 is 2.70 bits per heavy atom. The van der Waals surface area contributed by atoms with Gasteiger partial charge in [-0.1, -0.05) is 20.8 Å². The van der Waals surface area contributed by atoms with Crippen LogP contribution in [0.3, 0.4) is 0 Å². The van der Waals surface area contributed by atoms with Crippen molar-refractivity contribution in [2.75, 3.05) is 26.2 Å². The minimum atomic E-state index is -0.441. The lowest BCUT2D eigenvalue weighted by molar-refractivity contribution is -0.121. The average Bonchev–Trinajstić information content (AvgIpc) is 2.68. The van der Waals surface area contributed by atoms with Crippen LogP contribution in [0.1, 0.15) is 33.6 Å². The molecule has 0 spiro atoms. The summed E-state index contributed by atoms with van der Waals surface area (Å²) in [5, 5.41) is 14.3. The molecule has 3 N–H and O–H groups in total. The van der Waals surface area contributed by atoms with Crippen LogP contribution in [0, 0.1) is 11.8 Å². The quantitative estimate of drug-likeness (QED) is 0.666. The van der Waals surface area contributed by atoms with E-state index in [-0.39, 0.29) is 25.1 Å². The first kappa shape index (κ1) is 16.9. The highest BCUT2D eigenvalue weighted by atomic mass is 16.3. The Hall–Kier alpha value is -1.14. The number of imide groups is 1. The van der Waals surface area contributed by atoms with Crippen molar-refractivity contribution in [1.82, 2.24) is 15.5 Å². The molecule has 1 fully saturated rings. The number of likely N-dealkylation sites (tertiary alicyclic amines) is 1. The molecule has 0 bridgehead atoms. The van der Waals surface area contributed by atoms with Crippen LogP contribution in [0.4, 0.5) is 4.79 Å². The standard InChI is InChI=1S/C14H27N3O3/c1-10(2)4-6-15-14(20)16-13(19)8-17-7-5-11(3)12(17)9-18/h10-12,18H,4-9H2,1-3H3,(H2,15,16,19,20). The van der Waals surface area contributed by atoms with Gasteiger partial charge in [-0.3, -0.25) is 15.0 Å². The van der Waals surface area contributed by atoms with Gasteiger partial charge in [0.1, 0.15) is 0 Å². The van der Waals surface area contributed by atoms with Crippen molar-refractivity contribution in [2.45, 2.75) is 39.7 Å². The monoisotopic (exact) mass is 285 g/mol. The molecule has 0 aromatic carbocycles. The number of urea groups is 1. The zero-order valence-corrected chi connectivity index (χ0v) is 12.7. The highest BCUT2D eigenvalue weighted by Gasteiger charge is 2.31. The summed E-state index contributed by atoms with van der Waals surface area (Å²) in [5.41, 5.74) is 0. The van der Waals surface area contributed by atoms with Crippen LogP contribution >= 0.6 is 0 Å². The Morgan fingerprint density at radius 1 is 1.40 bits per heavy atom. The smallest absolute Gasteiger partial charge is 0.321 e. The van der Waals surface area contributed by atoms with Crippen molar-refractivity contribution in [2.24, 2.45) is 11.8 Å². The lowest BCUT2D eigenvalue weighted by Gasteiger charge is -2.24. The van der Waals surface area contributed by atoms with Crippen LogP contribution in [0.2, 0.25) is 0 Å². The van der Waals surface area contributed by atoms with E-state index in [9.17, 15) is 14.7 Å². The molecule has 1 rings (SSSR count). The number of aliphatic hydroxyl groups excluding tert-OH is 1. The zero-order valence-electron chi connectivity index (χ0n) is 12.7. The summed E-state index contributed by atoms with van der Waals surface area (Å²) in [5.74, 6) is 0.578. The van der Waals surface area contributed by atoms with E-state index in [1.807, 2.05) is 4.90 Å². The van der Waals surface area contributed by atoms with Gasteiger partial charge in [-0.25, -0.2) is 4.79 Å². The number of nitrogens with one attached hydrogen (secondary N) is 2. The van der Waals surface area contributed by atoms with Crippen molar-refractivity contribution in [1.29, 1.82) is 0 Å². The number of nitrogens with zero attached hydrogens (tertiary/aromatic N) is 1. The summed E-state index contributed by atoms with van der Waals surface area (Å²) in [6, 6.07) is -0.423. The van der Waals surface area contributed by atoms with E-state index in [4.69, 9.17) is 0 Å². The zero-order chi connectivity index (χ0) is 15.1. The van der Waals surface area contributed by atoms with Crippen LogP contribution in [0.25, 0.3) is 0 Å². The van der Waals surface area contributed by atoms with Gasteiger partial charge in [0.25, 0.3) is 0 Å². The first-order chi connectivity index (χ1) is 9.43. The maximum Gasteiger partial charge on any atom is 0.321 e. The van der Waals surface area contributed by atoms with Crippen molar-refractivity contribution >= 4 is 11.9 Å². The maximum atomic E-state index is 11.8. The highest BCUT2D eigenvalue weighted by Crippen LogP contribution is 2.22. The van der Waals surface area contributed by atoms with Gasteiger partial charge >= 0.3 is 6.03 Å². The predicted molar refractivity (Wildman–Crippen MR) is 77.2 cm³/mol. The lowest BCUT2D eigenvalue weighted by atomic mass is 10.0. The third-order valence-electron chi connectivity index (χ3n) is 3.79. The minimum absolute atomic E-state index is 0.0183. The van der Waals surface area contributed by atoms with E-state index >= 15 is 0 Å². The van der Waals surface area contributed by atoms with Gasteiger partial charge in [-0.05, 0) is 31.2 Å². The van der Waals surface area contributed by atoms with Crippen molar-refractivity contribution in [3.63, 3.8) is 0 Å². The third kappa shape index (κ3) is 5.46. The largest absolute Gasteiger partial charge is 0.395 e. The summed E-state index contributed by atoms with van der Waals surface area (Å²) >= 11 is 0. The van der Waals surface area contributed by atoms with Gasteiger partial charge in [-0.2, -0.15) is 0 Å². The molecule has 1 heterocycles. The topological polar surface area (TPSA) is 81.7 Å². The Morgan fingerprint density at radius 2 is 2.10 bits per heavy atom. The van der Waals surface area contributed by atoms with Crippen LogP contribution in [0.5, 0.6) is 0 Å². The number of rotatable bonds is 6. The van der Waals surface area contributed by atoms with Gasteiger partial charge in [0.2, 0.25) is 5.91 Å². The third-order valence-corrected chi connectivity index (χ3v) is 3.79. The minimum Gasteiger partial charge on any atom is -0.395 e. The molecule has 3 amide bonds. The molecule has 0 saturated carbocycles. The number of amides is 3. The summed E-state index contributed by atoms with van der Waals surface area (Å²) in [6.45, 7) is 7.79. The molecule has 0 aromatic rings. The van der Waals surface area contributed by atoms with E-state index in [0.29, 0.717) is 18.4 Å². The van der Waals surface area contributed by atoms with E-state index in [0.717, 1.165) is 19.4 Å². The maximum absolute atomic E-state index is 11.8. The molecule has 2 atom stereocenters. The fraction of sp³-hybridized carbons (Fsp3) is 0.857. The number of hydrogen-bond donors (Lipinski definition) is 3. The number of hydrogen-bond acceptors (Lipinski definition) is 4. The molecule has 1 aliphatic rings. The molecule has 2 unspecified atom stereocenters. The molecule has 0 aromatic heterocycles. The second-order valence-electron chi connectivity index (χ2n) is 5.97. The number of carbonyl (C=O) groups is 2. The molecular formula is C14H27N3O3. The Labute approximate surface area is 120 Å². The van der Waals surface area contributed by atoms with Gasteiger partial charge in [0.15, 0.2) is 0 Å². The molecule has 116 valence electrons. The Balaban J connectivity index is 2.27. The fourth-order valence-corrected chi connectivity index (χ4v) is 2.45. The van der Waals surface area contributed by atoms with Crippen molar-refractivity contribution < 1.29 is 14.7 Å². The van der Waals surface area contributed by atoms with Crippen LogP contribution in [-0.4, -0.2) is 54.2 Å². The Kier molecular flexibility index (Phi) is 6.95. The summed E-state index contributed by atoms with van der Waals surface area (Å²) in [4.78, 5) is 25.2. The number of aliphatic hydroxyl groups is 1. The molecule has 1 saturated heterocycles. The van der Waals surface area contributed by atoms with Gasteiger partial charge in [0.05, 0.1) is 13.2 Å². The molecule has 0 radical (unpaired) electrons. The second-order valence-corrected chi connectivity index (χ2v) is 5.97. The first-order valence-corrected chi connectivity index (χ1v) is 7.36. The van der Waals surface area contributed by atoms with Crippen LogP contribution in [0.15, 0.2) is 0 Å². The highest BCUT2D eigenvalue weighted by molar-refractivity contribution is 5.95. The summed E-state index contributed by atoms with van der Waals surface area (Å²) in [7, 11) is 0. The van der Waals surface area contributed by atoms with E-state index in [1.54, 1.807) is 0 Å². The fourth-order valence-electron chi connectivity index (χ4n) is 2.45. The summed E-state index contributed by atoms with van der Waals surface area (Å²) < 4.78 is 0. The van der Waals surface area contributed by atoms with Gasteiger partial charge in [0, 0.05) is 12.6 Å². The van der Waals surface area contributed by atoms with Crippen LogP contribution < -0.4 is 10.6 Å². The second kappa shape index (κ2) is 8.21. The average molecular weight is 285 g/mol. The van der Waals surface area contributed by atoms with Gasteiger partial charge in [-0.15, -0.1) is 0 Å². The Bertz CT molecular complexity index is 334. The van der Waals surface area contributed by atoms with Crippen LogP contribution in [-0.2, 0) is 4.79 Å². The number of carbonyl (C=O) groups excluding carboxylic acids is 2. The molecule has 20 heavy (non-hydrogen) atoms. The molecule has 6 nitrogen and oxygen atoms in total. The van der Waals surface area contributed by atoms with Gasteiger partial charge < -0.3 is 10.4 Å². The first-order valence-electron chi connectivity index (χ1n) is 7.36. The molecule has 0 aliphatic carbocycles. The lowest BCUT2D eigenvalue weighted by Crippen LogP contribution is -2.47. The van der Waals surface area contributed by atoms with E-state index < -0.39 is 6.03 Å². The normalized spacial score (nSPS) is 23.1. The molecule has 1 aliphatic heterocycles. The van der Waals surface area contributed by atoms with E-state index in [2.05, 4.69) is 31.4 Å². The SMILES string of the molecule is CC(C)CCNC(=O)NC(=O)CN1CCC(C)C1CO. The summed E-state index contributed by atoms with van der Waals surface area (Å²) in [6.07, 6.45) is 1.86. The van der Waals surface area contributed by atoms with E-state index in [1.165, 1.54) is 0 Å². The predicted octanol–water partition coefficient (Wildman–Crippen LogP) is 0.561. The molecule has 6 heteroatoms. The molecular weight excluding hydrogens is 258 g/mol. The van der Waals surface area contributed by atoms with Crippen molar-refractivity contribution in [3.8, 4) is 0 Å². The van der Waals surface area contributed by atoms with Crippen molar-refractivity contribution in [3.05, 3.63) is 0 Å².